The number of aromatic hydroxyl groups is 2. The molecule has 0 fully saturated rings. The van der Waals surface area contributed by atoms with Gasteiger partial charge in [0.2, 0.25) is 0 Å². The molecule has 1 atom stereocenters. The van der Waals surface area contributed by atoms with Crippen molar-refractivity contribution < 1.29 is 19.5 Å². The van der Waals surface area contributed by atoms with Crippen LogP contribution in [0.25, 0.3) is 0 Å². The van der Waals surface area contributed by atoms with E-state index in [2.05, 4.69) is 5.32 Å². The largest absolute Gasteiger partial charge is 0.504 e. The predicted octanol–water partition coefficient (Wildman–Crippen LogP) is 0.516. The molecule has 0 saturated heterocycles. The molecular formula is C12H17NO4S. The highest BCUT2D eigenvalue weighted by molar-refractivity contribution is 7.66. The summed E-state index contributed by atoms with van der Waals surface area (Å²) >= 11 is 0.487. The minimum atomic E-state index is -0.767. The molecule has 0 bridgehead atoms. The van der Waals surface area contributed by atoms with Crippen LogP contribution in [0.5, 0.6) is 11.5 Å². The first kappa shape index (κ1) is 14.7. The zero-order chi connectivity index (χ0) is 13.5. The van der Waals surface area contributed by atoms with Crippen LogP contribution in [0, 0.1) is 0 Å². The lowest BCUT2D eigenvalue weighted by Crippen LogP contribution is -2.23. The molecule has 0 unspecified atom stereocenters. The van der Waals surface area contributed by atoms with E-state index in [0.717, 1.165) is 4.86 Å². The topological polar surface area (TPSA) is 89.8 Å². The van der Waals surface area contributed by atoms with Gasteiger partial charge in [0.05, 0.1) is 17.4 Å². The SMILES string of the molecule is CC(CCNC[C@H](O)c1ccc(O)c(O)c1)=S=O. The molecule has 0 spiro atoms. The lowest BCUT2D eigenvalue weighted by Gasteiger charge is -2.12. The van der Waals surface area contributed by atoms with Crippen molar-refractivity contribution >= 4 is 16.1 Å². The van der Waals surface area contributed by atoms with Gasteiger partial charge < -0.3 is 20.6 Å². The third kappa shape index (κ3) is 4.48. The highest BCUT2D eigenvalue weighted by Gasteiger charge is 2.09. The van der Waals surface area contributed by atoms with Crippen molar-refractivity contribution in [2.45, 2.75) is 19.4 Å². The smallest absolute Gasteiger partial charge is 0.157 e. The van der Waals surface area contributed by atoms with Crippen LogP contribution in [-0.2, 0) is 11.3 Å². The molecule has 5 nitrogen and oxygen atoms in total. The van der Waals surface area contributed by atoms with Gasteiger partial charge in [-0.15, -0.1) is 0 Å². The highest BCUT2D eigenvalue weighted by atomic mass is 32.1. The average molecular weight is 271 g/mol. The Morgan fingerprint density at radius 1 is 1.39 bits per heavy atom. The summed E-state index contributed by atoms with van der Waals surface area (Å²) in [6.07, 6.45) is -0.112. The number of benzene rings is 1. The first-order valence-corrected chi connectivity index (χ1v) is 6.31. The number of phenols is 2. The molecule has 1 aromatic carbocycles. The Bertz CT molecular complexity index is 457. The zero-order valence-electron chi connectivity index (χ0n) is 10.1. The summed E-state index contributed by atoms with van der Waals surface area (Å²) in [7, 11) is 0. The second kappa shape index (κ2) is 7.15. The fraction of sp³-hybridized carbons (Fsp3) is 0.417. The lowest BCUT2D eigenvalue weighted by atomic mass is 10.1. The first-order valence-electron chi connectivity index (χ1n) is 5.57. The molecule has 1 aromatic rings. The van der Waals surface area contributed by atoms with Gasteiger partial charge in [0.15, 0.2) is 11.5 Å². The maximum absolute atomic E-state index is 10.4. The summed E-state index contributed by atoms with van der Waals surface area (Å²) in [6.45, 7) is 2.71. The van der Waals surface area contributed by atoms with Crippen molar-refractivity contribution in [1.29, 1.82) is 0 Å². The quantitative estimate of drug-likeness (QED) is 0.344. The van der Waals surface area contributed by atoms with Crippen molar-refractivity contribution in [3.8, 4) is 11.5 Å². The van der Waals surface area contributed by atoms with Crippen molar-refractivity contribution in [1.82, 2.24) is 5.32 Å². The molecule has 0 radical (unpaired) electrons. The van der Waals surface area contributed by atoms with Crippen LogP contribution in [-0.4, -0.2) is 37.5 Å². The molecule has 0 aliphatic rings. The number of hydrogen-bond acceptors (Lipinski definition) is 5. The number of nitrogens with one attached hydrogen (secondary N) is 1. The molecule has 0 saturated carbocycles. The van der Waals surface area contributed by atoms with E-state index in [1.165, 1.54) is 12.1 Å². The number of aliphatic hydroxyl groups excluding tert-OH is 1. The van der Waals surface area contributed by atoms with Crippen molar-refractivity contribution in [2.24, 2.45) is 0 Å². The van der Waals surface area contributed by atoms with Gasteiger partial charge in [0.1, 0.15) is 0 Å². The number of rotatable bonds is 6. The molecule has 18 heavy (non-hydrogen) atoms. The van der Waals surface area contributed by atoms with Crippen LogP contribution in [0.1, 0.15) is 25.0 Å². The molecule has 0 heterocycles. The minimum absolute atomic E-state index is 0.211. The average Bonchev–Trinajstić information content (AvgIpc) is 2.37. The fourth-order valence-corrected chi connectivity index (χ4v) is 1.60. The normalized spacial score (nSPS) is 12.1. The van der Waals surface area contributed by atoms with E-state index in [4.69, 9.17) is 5.11 Å². The van der Waals surface area contributed by atoms with Crippen LogP contribution < -0.4 is 5.32 Å². The molecule has 1 rings (SSSR count). The molecule has 100 valence electrons. The van der Waals surface area contributed by atoms with Gasteiger partial charge in [-0.25, -0.2) is 4.21 Å². The van der Waals surface area contributed by atoms with Gasteiger partial charge in [0.25, 0.3) is 0 Å². The summed E-state index contributed by atoms with van der Waals surface area (Å²) in [6, 6.07) is 4.21. The molecule has 0 aromatic heterocycles. The van der Waals surface area contributed by atoms with Crippen LogP contribution >= 0.6 is 0 Å². The van der Waals surface area contributed by atoms with E-state index < -0.39 is 6.10 Å². The van der Waals surface area contributed by atoms with Gasteiger partial charge in [-0.3, -0.25) is 0 Å². The number of phenolic OH excluding ortho intramolecular Hbond substituents is 2. The van der Waals surface area contributed by atoms with E-state index >= 15 is 0 Å². The highest BCUT2D eigenvalue weighted by Crippen LogP contribution is 2.27. The van der Waals surface area contributed by atoms with Crippen molar-refractivity contribution in [3.05, 3.63) is 23.8 Å². The molecule has 6 heteroatoms. The maximum Gasteiger partial charge on any atom is 0.157 e. The van der Waals surface area contributed by atoms with Gasteiger partial charge in [-0.05, 0) is 37.6 Å². The standard InChI is InChI=1S/C12H17NO4S/c1-8(18-17)4-5-13-7-12(16)9-2-3-10(14)11(15)6-9/h2-3,6,12-16H,4-5,7H2,1H3/t12-/m0/s1. The Balaban J connectivity index is 2.43. The minimum Gasteiger partial charge on any atom is -0.504 e. The Kier molecular flexibility index (Phi) is 5.84. The molecule has 4 N–H and O–H groups in total. The van der Waals surface area contributed by atoms with Crippen LogP contribution in [0.15, 0.2) is 18.2 Å². The van der Waals surface area contributed by atoms with Crippen LogP contribution in [0.4, 0.5) is 0 Å². The van der Waals surface area contributed by atoms with Crippen molar-refractivity contribution in [2.75, 3.05) is 13.1 Å². The fourth-order valence-electron chi connectivity index (χ4n) is 1.41. The molecular weight excluding hydrogens is 254 g/mol. The summed E-state index contributed by atoms with van der Waals surface area (Å²) in [5.41, 5.74) is 0.525. The summed E-state index contributed by atoms with van der Waals surface area (Å²) < 4.78 is 10.4. The van der Waals surface area contributed by atoms with E-state index in [-0.39, 0.29) is 11.5 Å². The van der Waals surface area contributed by atoms with Gasteiger partial charge in [0, 0.05) is 11.4 Å². The third-order valence-corrected chi connectivity index (χ3v) is 3.01. The van der Waals surface area contributed by atoms with Gasteiger partial charge >= 0.3 is 0 Å². The Morgan fingerprint density at radius 3 is 2.72 bits per heavy atom. The van der Waals surface area contributed by atoms with E-state index in [9.17, 15) is 14.4 Å². The van der Waals surface area contributed by atoms with Crippen molar-refractivity contribution in [3.63, 3.8) is 0 Å². The Labute approximate surface area is 109 Å². The number of hydrogen-bond donors (Lipinski definition) is 4. The van der Waals surface area contributed by atoms with Crippen LogP contribution in [0.3, 0.4) is 0 Å². The lowest BCUT2D eigenvalue weighted by molar-refractivity contribution is 0.175. The molecule has 0 aliphatic carbocycles. The van der Waals surface area contributed by atoms with Gasteiger partial charge in [-0.2, -0.15) is 0 Å². The second-order valence-electron chi connectivity index (χ2n) is 4.00. The molecule has 0 amide bonds. The first-order chi connectivity index (χ1) is 8.54. The number of aliphatic hydroxyl groups is 1. The molecule has 0 aliphatic heterocycles. The third-order valence-electron chi connectivity index (χ3n) is 2.52. The summed E-state index contributed by atoms with van der Waals surface area (Å²) in [5, 5.41) is 31.3. The summed E-state index contributed by atoms with van der Waals surface area (Å²) in [5.74, 6) is -0.463. The predicted molar refractivity (Wildman–Crippen MR) is 71.0 cm³/mol. The van der Waals surface area contributed by atoms with E-state index in [1.807, 2.05) is 0 Å². The maximum atomic E-state index is 10.4. The van der Waals surface area contributed by atoms with Crippen LogP contribution in [0.2, 0.25) is 0 Å². The second-order valence-corrected chi connectivity index (χ2v) is 4.87. The zero-order valence-corrected chi connectivity index (χ0v) is 10.9. The monoisotopic (exact) mass is 271 g/mol. The van der Waals surface area contributed by atoms with E-state index in [0.29, 0.717) is 36.3 Å². The van der Waals surface area contributed by atoms with E-state index in [1.54, 1.807) is 13.0 Å². The summed E-state index contributed by atoms with van der Waals surface area (Å²) in [4.78, 5) is 0.791. The van der Waals surface area contributed by atoms with Gasteiger partial charge in [-0.1, -0.05) is 6.07 Å². The Hall–Kier alpha value is -1.37. The Morgan fingerprint density at radius 2 is 2.11 bits per heavy atom.